The van der Waals surface area contributed by atoms with Gasteiger partial charge in [-0.05, 0) is 38.8 Å². The first-order chi connectivity index (χ1) is 12.1. The molecule has 2 rings (SSSR count). The van der Waals surface area contributed by atoms with Gasteiger partial charge < -0.3 is 24.9 Å². The van der Waals surface area contributed by atoms with Gasteiger partial charge in [0.1, 0.15) is 11.4 Å². The number of aliphatic imine (C=N–C) groups is 1. The monoisotopic (exact) mass is 480 g/mol. The van der Waals surface area contributed by atoms with Gasteiger partial charge in [-0.1, -0.05) is 0 Å². The summed E-state index contributed by atoms with van der Waals surface area (Å²) in [5.74, 6) is 1.23. The Morgan fingerprint density at radius 3 is 2.77 bits per heavy atom. The molecule has 0 radical (unpaired) electrons. The topological polar surface area (TPSA) is 82.3 Å². The summed E-state index contributed by atoms with van der Waals surface area (Å²) in [6.45, 7) is 8.20. The number of ether oxygens (including phenoxy) is 1. The van der Waals surface area contributed by atoms with E-state index in [4.69, 9.17) is 9.15 Å². The van der Waals surface area contributed by atoms with Crippen molar-refractivity contribution in [3.8, 4) is 0 Å². The second-order valence-corrected chi connectivity index (χ2v) is 6.63. The number of rotatable bonds is 11. The van der Waals surface area contributed by atoms with Crippen LogP contribution in [-0.4, -0.2) is 68.4 Å². The normalized spacial score (nSPS) is 16.9. The molecule has 7 nitrogen and oxygen atoms in total. The maximum atomic E-state index is 10.5. The number of nitrogens with zero attached hydrogens (tertiary/aromatic N) is 2. The Hall–Kier alpha value is -0.840. The number of nitrogens with one attached hydrogen (secondary N) is 2. The van der Waals surface area contributed by atoms with Crippen molar-refractivity contribution in [2.75, 3.05) is 46.4 Å². The zero-order valence-corrected chi connectivity index (χ0v) is 18.4. The van der Waals surface area contributed by atoms with Crippen LogP contribution in [0.25, 0.3) is 0 Å². The lowest BCUT2D eigenvalue weighted by Gasteiger charge is -2.23. The van der Waals surface area contributed by atoms with E-state index < -0.39 is 5.60 Å². The third-order valence-corrected chi connectivity index (χ3v) is 4.28. The largest absolute Gasteiger partial charge is 0.466 e. The van der Waals surface area contributed by atoms with Gasteiger partial charge in [-0.15, -0.1) is 24.0 Å². The van der Waals surface area contributed by atoms with Crippen molar-refractivity contribution in [1.29, 1.82) is 0 Å². The molecule has 1 atom stereocenters. The Balaban J connectivity index is 0.00000338. The quantitative estimate of drug-likeness (QED) is 0.255. The van der Waals surface area contributed by atoms with E-state index in [0.717, 1.165) is 32.8 Å². The van der Waals surface area contributed by atoms with E-state index in [0.29, 0.717) is 17.8 Å². The number of furan rings is 1. The summed E-state index contributed by atoms with van der Waals surface area (Å²) in [7, 11) is 1.74. The molecule has 8 heteroatoms. The van der Waals surface area contributed by atoms with Crippen LogP contribution in [0, 0.1) is 0 Å². The van der Waals surface area contributed by atoms with Gasteiger partial charge in [0.2, 0.25) is 0 Å². The zero-order chi connectivity index (χ0) is 18.1. The van der Waals surface area contributed by atoms with Crippen molar-refractivity contribution in [3.05, 3.63) is 24.2 Å². The maximum absolute atomic E-state index is 10.5. The van der Waals surface area contributed by atoms with Crippen LogP contribution in [0.3, 0.4) is 0 Å². The Morgan fingerprint density at radius 1 is 1.42 bits per heavy atom. The van der Waals surface area contributed by atoms with Crippen molar-refractivity contribution >= 4 is 29.9 Å². The first kappa shape index (κ1) is 23.2. The fourth-order valence-electron chi connectivity index (χ4n) is 2.68. The van der Waals surface area contributed by atoms with E-state index in [-0.39, 0.29) is 30.5 Å². The van der Waals surface area contributed by atoms with Gasteiger partial charge in [0.25, 0.3) is 0 Å². The summed E-state index contributed by atoms with van der Waals surface area (Å²) >= 11 is 0. The van der Waals surface area contributed by atoms with Gasteiger partial charge in [-0.2, -0.15) is 0 Å². The number of halogens is 1. The molecule has 1 aliphatic rings. The van der Waals surface area contributed by atoms with E-state index in [1.807, 2.05) is 6.92 Å². The number of hydrogen-bond donors (Lipinski definition) is 3. The molecule has 3 N–H and O–H groups in total. The summed E-state index contributed by atoms with van der Waals surface area (Å²) in [5.41, 5.74) is -1.12. The maximum Gasteiger partial charge on any atom is 0.191 e. The average Bonchev–Trinajstić information content (AvgIpc) is 3.27. The van der Waals surface area contributed by atoms with Crippen LogP contribution in [0.4, 0.5) is 0 Å². The highest BCUT2D eigenvalue weighted by Gasteiger charge is 2.28. The molecule has 1 saturated carbocycles. The van der Waals surface area contributed by atoms with Crippen LogP contribution in [0.2, 0.25) is 0 Å². The molecule has 150 valence electrons. The number of guanidine groups is 1. The Bertz CT molecular complexity index is 519. The third kappa shape index (κ3) is 7.81. The molecule has 1 heterocycles. The van der Waals surface area contributed by atoms with E-state index in [2.05, 4.69) is 20.5 Å². The van der Waals surface area contributed by atoms with Crippen molar-refractivity contribution in [3.63, 3.8) is 0 Å². The molecule has 0 aliphatic heterocycles. The van der Waals surface area contributed by atoms with E-state index in [9.17, 15) is 5.11 Å². The highest BCUT2D eigenvalue weighted by atomic mass is 127. The zero-order valence-electron chi connectivity index (χ0n) is 16.0. The first-order valence-corrected chi connectivity index (χ1v) is 9.08. The van der Waals surface area contributed by atoms with Gasteiger partial charge in [0.15, 0.2) is 5.96 Å². The van der Waals surface area contributed by atoms with Gasteiger partial charge in [-0.3, -0.25) is 4.90 Å². The lowest BCUT2D eigenvalue weighted by molar-refractivity contribution is 0.0437. The fourth-order valence-corrected chi connectivity index (χ4v) is 2.68. The third-order valence-electron chi connectivity index (χ3n) is 4.28. The van der Waals surface area contributed by atoms with E-state index >= 15 is 0 Å². The van der Waals surface area contributed by atoms with E-state index in [1.165, 1.54) is 12.8 Å². The van der Waals surface area contributed by atoms with Gasteiger partial charge in [0, 0.05) is 39.3 Å². The van der Waals surface area contributed by atoms with Crippen LogP contribution in [0.5, 0.6) is 0 Å². The smallest absolute Gasteiger partial charge is 0.191 e. The first-order valence-electron chi connectivity index (χ1n) is 9.08. The molecule has 0 spiro atoms. The molecule has 1 aromatic rings. The second kappa shape index (κ2) is 11.8. The van der Waals surface area contributed by atoms with Crippen LogP contribution in [-0.2, 0) is 10.3 Å². The van der Waals surface area contributed by atoms with Crippen molar-refractivity contribution in [1.82, 2.24) is 15.5 Å². The van der Waals surface area contributed by atoms with Crippen molar-refractivity contribution in [2.45, 2.75) is 38.3 Å². The number of methoxy groups -OCH3 is 1. The SMILES string of the molecule is CCNC(=NCC(C)(O)c1ccco1)NCCN(CCOC)C1CC1.I. The summed E-state index contributed by atoms with van der Waals surface area (Å²) in [5, 5.41) is 17.1. The number of aliphatic hydroxyl groups is 1. The summed E-state index contributed by atoms with van der Waals surface area (Å²) < 4.78 is 10.5. The highest BCUT2D eigenvalue weighted by Crippen LogP contribution is 2.26. The molecule has 0 bridgehead atoms. The molecule has 1 aliphatic carbocycles. The minimum absolute atomic E-state index is 0. The molecule has 0 aromatic carbocycles. The fraction of sp³-hybridized carbons (Fsp3) is 0.722. The summed E-state index contributed by atoms with van der Waals surface area (Å²) in [4.78, 5) is 6.96. The Labute approximate surface area is 173 Å². The average molecular weight is 480 g/mol. The summed E-state index contributed by atoms with van der Waals surface area (Å²) in [6.07, 6.45) is 4.12. The molecule has 1 unspecified atom stereocenters. The predicted octanol–water partition coefficient (Wildman–Crippen LogP) is 1.77. The standard InChI is InChI=1S/C18H32N4O3.HI/c1-4-19-17(21-14-18(2,23)16-6-5-12-25-16)20-9-10-22(11-13-24-3)15-7-8-15;/h5-6,12,15,23H,4,7-11,13-14H2,1-3H3,(H2,19,20,21);1H. The molecule has 0 amide bonds. The van der Waals surface area contributed by atoms with Gasteiger partial charge in [0.05, 0.1) is 19.4 Å². The van der Waals surface area contributed by atoms with Crippen LogP contribution in [0.15, 0.2) is 27.8 Å². The minimum atomic E-state index is -1.12. The molecule has 0 saturated heterocycles. The van der Waals surface area contributed by atoms with Crippen LogP contribution >= 0.6 is 24.0 Å². The Morgan fingerprint density at radius 2 is 2.19 bits per heavy atom. The van der Waals surface area contributed by atoms with Crippen molar-refractivity contribution < 1.29 is 14.3 Å². The summed E-state index contributed by atoms with van der Waals surface area (Å²) in [6, 6.07) is 4.24. The van der Waals surface area contributed by atoms with E-state index in [1.54, 1.807) is 32.4 Å². The Kier molecular flexibility index (Phi) is 10.5. The lowest BCUT2D eigenvalue weighted by atomic mass is 10.0. The second-order valence-electron chi connectivity index (χ2n) is 6.63. The molecule has 1 fully saturated rings. The van der Waals surface area contributed by atoms with Gasteiger partial charge >= 0.3 is 0 Å². The predicted molar refractivity (Wildman–Crippen MR) is 114 cm³/mol. The minimum Gasteiger partial charge on any atom is -0.466 e. The highest BCUT2D eigenvalue weighted by molar-refractivity contribution is 14.0. The van der Waals surface area contributed by atoms with Crippen LogP contribution < -0.4 is 10.6 Å². The van der Waals surface area contributed by atoms with Crippen LogP contribution in [0.1, 0.15) is 32.4 Å². The number of hydrogen-bond acceptors (Lipinski definition) is 5. The lowest BCUT2D eigenvalue weighted by Crippen LogP contribution is -2.43. The molecule has 26 heavy (non-hydrogen) atoms. The van der Waals surface area contributed by atoms with Crippen molar-refractivity contribution in [2.24, 2.45) is 4.99 Å². The van der Waals surface area contributed by atoms with Gasteiger partial charge in [-0.25, -0.2) is 4.99 Å². The molecular formula is C18H33IN4O3. The molecule has 1 aromatic heterocycles. The molecular weight excluding hydrogens is 447 g/mol.